The molecule has 1 aromatic carbocycles. The van der Waals surface area contributed by atoms with Gasteiger partial charge in [0.2, 0.25) is 5.91 Å². The van der Waals surface area contributed by atoms with E-state index in [4.69, 9.17) is 9.72 Å². The first-order chi connectivity index (χ1) is 16.7. The monoisotopic (exact) mass is 465 g/mol. The summed E-state index contributed by atoms with van der Waals surface area (Å²) in [7, 11) is 0. The molecule has 0 radical (unpaired) electrons. The molecular weight excluding hydrogens is 430 g/mol. The fraction of sp³-hybridized carbons (Fsp3) is 0.577. The number of nitrogens with zero attached hydrogens (tertiary/aromatic N) is 5. The number of benzene rings is 1. The Labute approximate surface area is 201 Å². The van der Waals surface area contributed by atoms with Gasteiger partial charge >= 0.3 is 0 Å². The van der Waals surface area contributed by atoms with Crippen LogP contribution in [-0.2, 0) is 9.53 Å². The molecule has 5 rings (SSSR count). The van der Waals surface area contributed by atoms with Gasteiger partial charge in [-0.1, -0.05) is 31.0 Å². The number of rotatable bonds is 4. The molecular formula is C26H35N5O3. The van der Waals surface area contributed by atoms with Crippen molar-refractivity contribution < 1.29 is 14.3 Å². The minimum absolute atomic E-state index is 0.0461. The molecule has 0 bridgehead atoms. The van der Waals surface area contributed by atoms with Gasteiger partial charge in [0.15, 0.2) is 0 Å². The first kappa shape index (κ1) is 23.1. The van der Waals surface area contributed by atoms with Gasteiger partial charge in [-0.2, -0.15) is 0 Å². The van der Waals surface area contributed by atoms with Crippen molar-refractivity contribution in [2.45, 2.75) is 25.7 Å². The van der Waals surface area contributed by atoms with E-state index in [2.05, 4.69) is 9.80 Å². The predicted octanol–water partition coefficient (Wildman–Crippen LogP) is 2.23. The van der Waals surface area contributed by atoms with Gasteiger partial charge in [0, 0.05) is 57.7 Å². The summed E-state index contributed by atoms with van der Waals surface area (Å²) in [5.41, 5.74) is 1.55. The topological polar surface area (TPSA) is 69.2 Å². The summed E-state index contributed by atoms with van der Waals surface area (Å²) in [6.07, 6.45) is 4.71. The van der Waals surface area contributed by atoms with Crippen LogP contribution in [0.2, 0.25) is 0 Å². The van der Waals surface area contributed by atoms with Crippen LogP contribution in [0.1, 0.15) is 36.0 Å². The number of aromatic nitrogens is 1. The van der Waals surface area contributed by atoms with Gasteiger partial charge in [-0.3, -0.25) is 14.5 Å². The SMILES string of the molecule is O=C(CN1CCN(c2cc(C(=O)N3CCOCC3)c3ccccc3n2)CC1)N1CCCCCC1. The van der Waals surface area contributed by atoms with Crippen LogP contribution in [0.15, 0.2) is 30.3 Å². The number of likely N-dealkylation sites (tertiary alicyclic amines) is 1. The Morgan fingerprint density at radius 3 is 2.26 bits per heavy atom. The van der Waals surface area contributed by atoms with Crippen LogP contribution in [-0.4, -0.2) is 104 Å². The van der Waals surface area contributed by atoms with Crippen LogP contribution in [0.5, 0.6) is 0 Å². The first-order valence-corrected chi connectivity index (χ1v) is 12.7. The second-order valence-electron chi connectivity index (χ2n) is 9.51. The summed E-state index contributed by atoms with van der Waals surface area (Å²) in [5.74, 6) is 1.15. The number of fused-ring (bicyclic) bond motifs is 1. The van der Waals surface area contributed by atoms with Gasteiger partial charge < -0.3 is 19.4 Å². The molecule has 0 atom stereocenters. The number of pyridine rings is 1. The maximum atomic E-state index is 13.4. The molecule has 0 spiro atoms. The minimum Gasteiger partial charge on any atom is -0.378 e. The molecule has 2 amide bonds. The molecule has 0 saturated carbocycles. The molecule has 8 nitrogen and oxygen atoms in total. The van der Waals surface area contributed by atoms with E-state index in [0.29, 0.717) is 38.4 Å². The maximum Gasteiger partial charge on any atom is 0.254 e. The van der Waals surface area contributed by atoms with E-state index in [9.17, 15) is 9.59 Å². The fourth-order valence-electron chi connectivity index (χ4n) is 5.18. The van der Waals surface area contributed by atoms with E-state index in [1.165, 1.54) is 12.8 Å². The zero-order valence-electron chi connectivity index (χ0n) is 20.0. The molecule has 3 fully saturated rings. The number of piperazine rings is 1. The Hall–Kier alpha value is -2.71. The largest absolute Gasteiger partial charge is 0.378 e. The van der Waals surface area contributed by atoms with Gasteiger partial charge in [-0.15, -0.1) is 0 Å². The van der Waals surface area contributed by atoms with Gasteiger partial charge in [0.05, 0.1) is 30.8 Å². The van der Waals surface area contributed by atoms with Crippen LogP contribution >= 0.6 is 0 Å². The van der Waals surface area contributed by atoms with Crippen molar-refractivity contribution in [3.63, 3.8) is 0 Å². The lowest BCUT2D eigenvalue weighted by Gasteiger charge is -2.36. The lowest BCUT2D eigenvalue weighted by atomic mass is 10.1. The summed E-state index contributed by atoms with van der Waals surface area (Å²) in [4.78, 5) is 39.5. The van der Waals surface area contributed by atoms with Crippen molar-refractivity contribution in [1.29, 1.82) is 0 Å². The van der Waals surface area contributed by atoms with Crippen molar-refractivity contribution in [3.8, 4) is 0 Å². The second-order valence-corrected chi connectivity index (χ2v) is 9.51. The van der Waals surface area contributed by atoms with E-state index in [1.54, 1.807) is 0 Å². The van der Waals surface area contributed by atoms with Gasteiger partial charge in [-0.05, 0) is 25.0 Å². The Morgan fingerprint density at radius 1 is 0.824 bits per heavy atom. The van der Waals surface area contributed by atoms with E-state index in [0.717, 1.165) is 68.8 Å². The molecule has 182 valence electrons. The fourth-order valence-corrected chi connectivity index (χ4v) is 5.18. The van der Waals surface area contributed by atoms with Gasteiger partial charge in [0.25, 0.3) is 5.91 Å². The standard InChI is InChI=1S/C26H35N5O3/c32-25(30-9-5-1-2-6-10-30)20-28-11-13-29(14-12-28)24-19-22(21-7-3-4-8-23(21)27-24)26(33)31-15-17-34-18-16-31/h3-4,7-8,19H,1-2,5-6,9-18,20H2. The number of ether oxygens (including phenoxy) is 1. The number of carbonyl (C=O) groups excluding carboxylic acids is 2. The Morgan fingerprint density at radius 2 is 1.53 bits per heavy atom. The Balaban J connectivity index is 1.27. The normalized spacial score (nSPS) is 20.4. The predicted molar refractivity (Wildman–Crippen MR) is 132 cm³/mol. The van der Waals surface area contributed by atoms with Crippen molar-refractivity contribution in [2.24, 2.45) is 0 Å². The Kier molecular flexibility index (Phi) is 7.25. The van der Waals surface area contributed by atoms with Crippen LogP contribution in [0, 0.1) is 0 Å². The number of amides is 2. The highest BCUT2D eigenvalue weighted by Gasteiger charge is 2.26. The van der Waals surface area contributed by atoms with Crippen molar-refractivity contribution in [2.75, 3.05) is 77.0 Å². The molecule has 4 heterocycles. The summed E-state index contributed by atoms with van der Waals surface area (Å²) in [6, 6.07) is 9.84. The van der Waals surface area contributed by atoms with E-state index in [1.807, 2.05) is 40.1 Å². The third kappa shape index (κ3) is 5.18. The van der Waals surface area contributed by atoms with Crippen molar-refractivity contribution in [1.82, 2.24) is 19.7 Å². The molecule has 0 unspecified atom stereocenters. The van der Waals surface area contributed by atoms with E-state index < -0.39 is 0 Å². The first-order valence-electron chi connectivity index (χ1n) is 12.7. The lowest BCUT2D eigenvalue weighted by Crippen LogP contribution is -2.50. The third-order valence-electron chi connectivity index (χ3n) is 7.25. The quantitative estimate of drug-likeness (QED) is 0.690. The number of anilines is 1. The molecule has 3 saturated heterocycles. The number of morpholine rings is 1. The molecule has 8 heteroatoms. The van der Waals surface area contributed by atoms with E-state index >= 15 is 0 Å². The van der Waals surface area contributed by atoms with Crippen LogP contribution < -0.4 is 4.90 Å². The average molecular weight is 466 g/mol. The highest BCUT2D eigenvalue weighted by Crippen LogP contribution is 2.25. The van der Waals surface area contributed by atoms with E-state index in [-0.39, 0.29) is 11.8 Å². The molecule has 3 aliphatic rings. The second kappa shape index (κ2) is 10.7. The highest BCUT2D eigenvalue weighted by molar-refractivity contribution is 6.07. The molecule has 0 N–H and O–H groups in total. The number of hydrogen-bond acceptors (Lipinski definition) is 6. The maximum absolute atomic E-state index is 13.4. The number of carbonyl (C=O) groups is 2. The van der Waals surface area contributed by atoms with Crippen LogP contribution in [0.25, 0.3) is 10.9 Å². The average Bonchev–Trinajstić information content (AvgIpc) is 3.18. The smallest absolute Gasteiger partial charge is 0.254 e. The number of para-hydroxylation sites is 1. The zero-order valence-corrected chi connectivity index (χ0v) is 20.0. The minimum atomic E-state index is 0.0461. The highest BCUT2D eigenvalue weighted by atomic mass is 16.5. The van der Waals surface area contributed by atoms with Crippen LogP contribution in [0.3, 0.4) is 0 Å². The summed E-state index contributed by atoms with van der Waals surface area (Å²) in [5, 5.41) is 0.893. The summed E-state index contributed by atoms with van der Waals surface area (Å²) < 4.78 is 5.43. The zero-order chi connectivity index (χ0) is 23.3. The van der Waals surface area contributed by atoms with Crippen molar-refractivity contribution >= 4 is 28.5 Å². The molecule has 0 aliphatic carbocycles. The lowest BCUT2D eigenvalue weighted by molar-refractivity contribution is -0.132. The Bertz CT molecular complexity index is 1010. The third-order valence-corrected chi connectivity index (χ3v) is 7.25. The molecule has 3 aliphatic heterocycles. The molecule has 2 aromatic rings. The van der Waals surface area contributed by atoms with Crippen molar-refractivity contribution in [3.05, 3.63) is 35.9 Å². The van der Waals surface area contributed by atoms with Gasteiger partial charge in [0.1, 0.15) is 5.82 Å². The molecule has 1 aromatic heterocycles. The summed E-state index contributed by atoms with van der Waals surface area (Å²) in [6.45, 7) is 7.94. The number of hydrogen-bond donors (Lipinski definition) is 0. The summed E-state index contributed by atoms with van der Waals surface area (Å²) >= 11 is 0. The van der Waals surface area contributed by atoms with Crippen LogP contribution in [0.4, 0.5) is 5.82 Å². The molecule has 34 heavy (non-hydrogen) atoms. The van der Waals surface area contributed by atoms with Gasteiger partial charge in [-0.25, -0.2) is 4.98 Å².